The Labute approximate surface area is 124 Å². The first kappa shape index (κ1) is 14.3. The second-order valence-corrected chi connectivity index (χ2v) is 5.79. The molecule has 0 spiro atoms. The maximum absolute atomic E-state index is 9.63. The van der Waals surface area contributed by atoms with E-state index in [9.17, 15) is 5.11 Å². The number of hydrogen-bond acceptors (Lipinski definition) is 5. The zero-order valence-corrected chi connectivity index (χ0v) is 12.7. The number of aliphatic hydroxyl groups is 1. The molecule has 114 valence electrons. The topological polar surface area (TPSA) is 68.3 Å². The fraction of sp³-hybridized carbons (Fsp3) is 0.600. The molecule has 0 bridgehead atoms. The van der Waals surface area contributed by atoms with Crippen LogP contribution in [0.1, 0.15) is 20.3 Å². The molecule has 3 rings (SSSR count). The summed E-state index contributed by atoms with van der Waals surface area (Å²) in [6.45, 7) is 7.64. The fourth-order valence-corrected chi connectivity index (χ4v) is 3.16. The lowest BCUT2D eigenvalue weighted by atomic mass is 10.1. The first-order valence-electron chi connectivity index (χ1n) is 7.64. The summed E-state index contributed by atoms with van der Waals surface area (Å²) >= 11 is 0. The van der Waals surface area contributed by atoms with Crippen molar-refractivity contribution in [2.45, 2.75) is 32.4 Å². The van der Waals surface area contributed by atoms with Gasteiger partial charge in [0, 0.05) is 38.4 Å². The van der Waals surface area contributed by atoms with Crippen molar-refractivity contribution in [2.75, 3.05) is 31.1 Å². The van der Waals surface area contributed by atoms with Crippen LogP contribution in [-0.2, 0) is 0 Å². The SMILES string of the molecule is CC[C@H]1CN(c2ncnc3[nH]ccc23)CCN1C[C@H](C)O. The minimum Gasteiger partial charge on any atom is -0.392 e. The summed E-state index contributed by atoms with van der Waals surface area (Å²) in [5.74, 6) is 1.01. The predicted molar refractivity (Wildman–Crippen MR) is 83.4 cm³/mol. The van der Waals surface area contributed by atoms with Gasteiger partial charge in [0.2, 0.25) is 0 Å². The standard InChI is InChI=1S/C15H23N5O/c1-3-12-9-20(7-6-19(12)8-11(2)21)15-13-4-5-16-14(13)17-10-18-15/h4-5,10-12,21H,3,6-9H2,1-2H3,(H,16,17,18)/t11-,12-/m0/s1. The number of aromatic nitrogens is 3. The lowest BCUT2D eigenvalue weighted by molar-refractivity contribution is 0.0885. The summed E-state index contributed by atoms with van der Waals surface area (Å²) in [6, 6.07) is 2.49. The van der Waals surface area contributed by atoms with Gasteiger partial charge in [-0.25, -0.2) is 9.97 Å². The van der Waals surface area contributed by atoms with Crippen LogP contribution in [0.3, 0.4) is 0 Å². The molecule has 6 heteroatoms. The molecule has 6 nitrogen and oxygen atoms in total. The molecule has 21 heavy (non-hydrogen) atoms. The van der Waals surface area contributed by atoms with Crippen LogP contribution in [-0.4, -0.2) is 63.3 Å². The number of H-pyrrole nitrogens is 1. The van der Waals surface area contributed by atoms with Gasteiger partial charge in [-0.1, -0.05) is 6.92 Å². The Morgan fingerprint density at radius 2 is 2.29 bits per heavy atom. The summed E-state index contributed by atoms with van der Waals surface area (Å²) in [6.07, 6.45) is 4.33. The molecule has 1 fully saturated rings. The first-order valence-corrected chi connectivity index (χ1v) is 7.64. The third kappa shape index (κ3) is 2.87. The van der Waals surface area contributed by atoms with Gasteiger partial charge in [-0.2, -0.15) is 0 Å². The Hall–Kier alpha value is -1.66. The van der Waals surface area contributed by atoms with Gasteiger partial charge in [-0.15, -0.1) is 0 Å². The van der Waals surface area contributed by atoms with Crippen LogP contribution in [0.4, 0.5) is 5.82 Å². The molecule has 0 saturated carbocycles. The maximum atomic E-state index is 9.63. The average molecular weight is 289 g/mol. The fourth-order valence-electron chi connectivity index (χ4n) is 3.16. The third-order valence-electron chi connectivity index (χ3n) is 4.21. The number of aromatic amines is 1. The van der Waals surface area contributed by atoms with Gasteiger partial charge in [0.1, 0.15) is 17.8 Å². The molecule has 0 aliphatic carbocycles. The van der Waals surface area contributed by atoms with E-state index in [1.165, 1.54) is 0 Å². The maximum Gasteiger partial charge on any atom is 0.142 e. The van der Waals surface area contributed by atoms with Crippen molar-refractivity contribution in [1.82, 2.24) is 19.9 Å². The summed E-state index contributed by atoms with van der Waals surface area (Å²) < 4.78 is 0. The lowest BCUT2D eigenvalue weighted by Crippen LogP contribution is -2.54. The molecule has 0 radical (unpaired) electrons. The van der Waals surface area contributed by atoms with Crippen LogP contribution in [0, 0.1) is 0 Å². The largest absolute Gasteiger partial charge is 0.392 e. The van der Waals surface area contributed by atoms with E-state index in [4.69, 9.17) is 0 Å². The Balaban J connectivity index is 1.80. The average Bonchev–Trinajstić information content (AvgIpc) is 2.95. The molecule has 0 amide bonds. The van der Waals surface area contributed by atoms with Crippen LogP contribution >= 0.6 is 0 Å². The van der Waals surface area contributed by atoms with E-state index in [0.29, 0.717) is 6.04 Å². The van der Waals surface area contributed by atoms with Crippen LogP contribution in [0.5, 0.6) is 0 Å². The molecule has 1 aliphatic heterocycles. The smallest absolute Gasteiger partial charge is 0.142 e. The highest BCUT2D eigenvalue weighted by Gasteiger charge is 2.28. The molecule has 2 atom stereocenters. The van der Waals surface area contributed by atoms with Crippen molar-refractivity contribution < 1.29 is 5.11 Å². The van der Waals surface area contributed by atoms with Gasteiger partial charge in [-0.3, -0.25) is 4.90 Å². The zero-order chi connectivity index (χ0) is 14.8. The van der Waals surface area contributed by atoms with Gasteiger partial charge in [0.15, 0.2) is 0 Å². The molecule has 2 N–H and O–H groups in total. The number of rotatable bonds is 4. The second-order valence-electron chi connectivity index (χ2n) is 5.79. The summed E-state index contributed by atoms with van der Waals surface area (Å²) in [7, 11) is 0. The molecule has 1 aliphatic rings. The predicted octanol–water partition coefficient (Wildman–Crippen LogP) is 1.24. The molecule has 2 aromatic heterocycles. The number of nitrogens with one attached hydrogen (secondary N) is 1. The lowest BCUT2D eigenvalue weighted by Gasteiger charge is -2.42. The second kappa shape index (κ2) is 5.99. The van der Waals surface area contributed by atoms with Gasteiger partial charge in [0.25, 0.3) is 0 Å². The van der Waals surface area contributed by atoms with Gasteiger partial charge < -0.3 is 15.0 Å². The van der Waals surface area contributed by atoms with Crippen molar-refractivity contribution in [1.29, 1.82) is 0 Å². The normalized spacial score (nSPS) is 21.9. The molecule has 0 aromatic carbocycles. The summed E-state index contributed by atoms with van der Waals surface area (Å²) in [5, 5.41) is 10.7. The van der Waals surface area contributed by atoms with Crippen LogP contribution in [0.25, 0.3) is 11.0 Å². The van der Waals surface area contributed by atoms with E-state index in [1.807, 2.05) is 19.2 Å². The van der Waals surface area contributed by atoms with E-state index in [-0.39, 0.29) is 6.10 Å². The Bertz CT molecular complexity index is 597. The number of fused-ring (bicyclic) bond motifs is 1. The van der Waals surface area contributed by atoms with Gasteiger partial charge in [-0.05, 0) is 19.4 Å². The number of aliphatic hydroxyl groups excluding tert-OH is 1. The summed E-state index contributed by atoms with van der Waals surface area (Å²) in [5.41, 5.74) is 0.888. The molecule has 0 unspecified atom stereocenters. The number of nitrogens with zero attached hydrogens (tertiary/aromatic N) is 4. The van der Waals surface area contributed by atoms with E-state index in [2.05, 4.69) is 31.7 Å². The minimum absolute atomic E-state index is 0.277. The highest BCUT2D eigenvalue weighted by Crippen LogP contribution is 2.25. The van der Waals surface area contributed by atoms with E-state index in [1.54, 1.807) is 6.33 Å². The van der Waals surface area contributed by atoms with Crippen LogP contribution < -0.4 is 4.90 Å². The zero-order valence-electron chi connectivity index (χ0n) is 12.7. The van der Waals surface area contributed by atoms with Crippen molar-refractivity contribution in [3.8, 4) is 0 Å². The monoisotopic (exact) mass is 289 g/mol. The third-order valence-corrected chi connectivity index (χ3v) is 4.21. The van der Waals surface area contributed by atoms with Crippen molar-refractivity contribution in [2.24, 2.45) is 0 Å². The molecule has 1 saturated heterocycles. The Morgan fingerprint density at radius 1 is 1.43 bits per heavy atom. The highest BCUT2D eigenvalue weighted by atomic mass is 16.3. The molecular formula is C15H23N5O. The molecular weight excluding hydrogens is 266 g/mol. The summed E-state index contributed by atoms with van der Waals surface area (Å²) in [4.78, 5) is 16.6. The van der Waals surface area contributed by atoms with Crippen molar-refractivity contribution in [3.63, 3.8) is 0 Å². The quantitative estimate of drug-likeness (QED) is 0.886. The van der Waals surface area contributed by atoms with Crippen LogP contribution in [0.15, 0.2) is 18.6 Å². The van der Waals surface area contributed by atoms with E-state index < -0.39 is 0 Å². The number of piperazine rings is 1. The van der Waals surface area contributed by atoms with Gasteiger partial charge >= 0.3 is 0 Å². The minimum atomic E-state index is -0.277. The molecule has 2 aromatic rings. The van der Waals surface area contributed by atoms with Crippen molar-refractivity contribution >= 4 is 16.9 Å². The van der Waals surface area contributed by atoms with Crippen molar-refractivity contribution in [3.05, 3.63) is 18.6 Å². The number of β-amino-alcohol motifs (C(OH)–C–C–N with tert-alkyl or cyclic N) is 1. The Kier molecular flexibility index (Phi) is 4.07. The number of anilines is 1. The number of hydrogen-bond donors (Lipinski definition) is 2. The van der Waals surface area contributed by atoms with E-state index in [0.717, 1.165) is 49.5 Å². The van der Waals surface area contributed by atoms with Crippen LogP contribution in [0.2, 0.25) is 0 Å². The first-order chi connectivity index (χ1) is 10.2. The van der Waals surface area contributed by atoms with E-state index >= 15 is 0 Å². The molecule has 3 heterocycles. The Morgan fingerprint density at radius 3 is 3.05 bits per heavy atom. The highest BCUT2D eigenvalue weighted by molar-refractivity contribution is 5.87. The van der Waals surface area contributed by atoms with Gasteiger partial charge in [0.05, 0.1) is 11.5 Å².